The van der Waals surface area contributed by atoms with Gasteiger partial charge in [-0.2, -0.15) is 0 Å². The van der Waals surface area contributed by atoms with Gasteiger partial charge < -0.3 is 0 Å². The van der Waals surface area contributed by atoms with Crippen molar-refractivity contribution in [3.63, 3.8) is 0 Å². The first-order valence-corrected chi connectivity index (χ1v) is 9.55. The lowest BCUT2D eigenvalue weighted by molar-refractivity contribution is -0.112. The lowest BCUT2D eigenvalue weighted by atomic mass is 10.3. The van der Waals surface area contributed by atoms with Gasteiger partial charge in [0.15, 0.2) is 0 Å². The molecule has 0 aliphatic heterocycles. The molecule has 2 aromatic carbocycles. The summed E-state index contributed by atoms with van der Waals surface area (Å²) in [4.78, 5) is 11.6. The third kappa shape index (κ3) is 3.81. The summed E-state index contributed by atoms with van der Waals surface area (Å²) < 4.78 is 26.9. The molecule has 1 atom stereocenters. The summed E-state index contributed by atoms with van der Waals surface area (Å²) in [6.07, 6.45) is 0. The fraction of sp³-hybridized carbons (Fsp3) is 0.133. The number of anilines is 1. The lowest BCUT2D eigenvalue weighted by Gasteiger charge is -2.29. The van der Waals surface area contributed by atoms with Crippen molar-refractivity contribution < 1.29 is 13.2 Å². The molecule has 0 aromatic heterocycles. The Hall–Kier alpha value is -0.980. The maximum Gasteiger partial charge on any atom is 0.265 e. The maximum atomic E-state index is 13.0. The molecule has 1 unspecified atom stereocenters. The number of rotatable bonds is 5. The Labute approximate surface area is 159 Å². The highest BCUT2D eigenvalue weighted by atomic mass is 35.5. The second kappa shape index (κ2) is 7.50. The molecule has 0 heterocycles. The van der Waals surface area contributed by atoms with Gasteiger partial charge in [0.25, 0.3) is 10.0 Å². The molecule has 0 saturated carbocycles. The highest BCUT2D eigenvalue weighted by Crippen LogP contribution is 2.38. The Balaban J connectivity index is 2.71. The number of carbonyl (C=O) groups is 1. The molecular formula is C15H11Cl4NO3S. The van der Waals surface area contributed by atoms with Crippen molar-refractivity contribution in [2.75, 3.05) is 4.31 Å². The molecule has 24 heavy (non-hydrogen) atoms. The van der Waals surface area contributed by atoms with Crippen LogP contribution >= 0.6 is 46.4 Å². The highest BCUT2D eigenvalue weighted by Gasteiger charge is 2.35. The molecule has 0 bridgehead atoms. The van der Waals surface area contributed by atoms with Crippen molar-refractivity contribution in [1.29, 1.82) is 0 Å². The van der Waals surface area contributed by atoms with Crippen LogP contribution in [0.2, 0.25) is 15.1 Å². The van der Waals surface area contributed by atoms with Crippen LogP contribution < -0.4 is 4.31 Å². The van der Waals surface area contributed by atoms with Crippen LogP contribution in [0.4, 0.5) is 5.69 Å². The summed E-state index contributed by atoms with van der Waals surface area (Å²) >= 11 is 23.6. The molecule has 0 N–H and O–H groups in total. The van der Waals surface area contributed by atoms with E-state index in [1.807, 2.05) is 0 Å². The average Bonchev–Trinajstić information content (AvgIpc) is 2.50. The van der Waals surface area contributed by atoms with Crippen molar-refractivity contribution in [3.05, 3.63) is 57.5 Å². The van der Waals surface area contributed by atoms with E-state index >= 15 is 0 Å². The number of nitrogens with zero attached hydrogens (tertiary/aromatic N) is 1. The zero-order valence-corrected chi connectivity index (χ0v) is 16.1. The summed E-state index contributed by atoms with van der Waals surface area (Å²) in [6, 6.07) is 8.78. The summed E-state index contributed by atoms with van der Waals surface area (Å²) in [5.41, 5.74) is -0.0164. The number of sulfonamides is 1. The van der Waals surface area contributed by atoms with E-state index in [1.54, 1.807) is 6.07 Å². The molecule has 0 spiro atoms. The van der Waals surface area contributed by atoms with E-state index in [1.165, 1.54) is 43.3 Å². The van der Waals surface area contributed by atoms with Gasteiger partial charge in [0.1, 0.15) is 6.04 Å². The number of para-hydroxylation sites is 1. The van der Waals surface area contributed by atoms with Gasteiger partial charge >= 0.3 is 0 Å². The lowest BCUT2D eigenvalue weighted by Crippen LogP contribution is -2.42. The van der Waals surface area contributed by atoms with Gasteiger partial charge in [-0.3, -0.25) is 9.10 Å². The Morgan fingerprint density at radius 2 is 1.50 bits per heavy atom. The minimum absolute atomic E-state index is 0.0164. The van der Waals surface area contributed by atoms with Crippen LogP contribution in [-0.2, 0) is 14.8 Å². The Morgan fingerprint density at radius 1 is 1.00 bits per heavy atom. The Kier molecular flexibility index (Phi) is 6.04. The third-order valence-electron chi connectivity index (χ3n) is 3.21. The number of carbonyl (C=O) groups excluding carboxylic acids is 1. The van der Waals surface area contributed by atoms with Crippen LogP contribution in [0.5, 0.6) is 0 Å². The molecule has 0 fully saturated rings. The standard InChI is InChI=1S/C15H11Cl4NO3S/c1-9(15(19)21)20(14-12(17)3-2-4-13(14)18)24(22,23)11-7-5-10(16)6-8-11/h2-9H,1H3. The number of benzene rings is 2. The van der Waals surface area contributed by atoms with Gasteiger partial charge in [-0.15, -0.1) is 0 Å². The first-order valence-electron chi connectivity index (χ1n) is 6.59. The van der Waals surface area contributed by atoms with Crippen LogP contribution in [-0.4, -0.2) is 19.7 Å². The summed E-state index contributed by atoms with van der Waals surface area (Å²) in [5.74, 6) is 0. The van der Waals surface area contributed by atoms with Gasteiger partial charge in [0.2, 0.25) is 5.24 Å². The van der Waals surface area contributed by atoms with Crippen LogP contribution in [0.1, 0.15) is 6.92 Å². The van der Waals surface area contributed by atoms with E-state index in [9.17, 15) is 13.2 Å². The molecule has 128 valence electrons. The molecule has 0 saturated heterocycles. The fourth-order valence-electron chi connectivity index (χ4n) is 2.03. The predicted octanol–water partition coefficient (Wildman–Crippen LogP) is 5.00. The van der Waals surface area contributed by atoms with E-state index in [2.05, 4.69) is 0 Å². The monoisotopic (exact) mass is 425 g/mol. The van der Waals surface area contributed by atoms with Crippen LogP contribution in [0.15, 0.2) is 47.4 Å². The summed E-state index contributed by atoms with van der Waals surface area (Å²) in [5, 5.41) is -0.351. The molecule has 0 radical (unpaired) electrons. The fourth-order valence-corrected chi connectivity index (χ4v) is 4.65. The average molecular weight is 427 g/mol. The molecule has 0 amide bonds. The van der Waals surface area contributed by atoms with E-state index in [4.69, 9.17) is 46.4 Å². The molecule has 0 aliphatic rings. The van der Waals surface area contributed by atoms with E-state index < -0.39 is 21.3 Å². The number of hydrogen-bond donors (Lipinski definition) is 0. The van der Waals surface area contributed by atoms with Crippen molar-refractivity contribution in [1.82, 2.24) is 0 Å². The zero-order valence-electron chi connectivity index (χ0n) is 12.2. The van der Waals surface area contributed by atoms with Crippen molar-refractivity contribution in [2.45, 2.75) is 17.9 Å². The van der Waals surface area contributed by atoms with Crippen LogP contribution in [0, 0.1) is 0 Å². The van der Waals surface area contributed by atoms with Gasteiger partial charge in [-0.05, 0) is 54.9 Å². The van der Waals surface area contributed by atoms with Gasteiger partial charge in [0, 0.05) is 5.02 Å². The van der Waals surface area contributed by atoms with Crippen LogP contribution in [0.3, 0.4) is 0 Å². The number of hydrogen-bond acceptors (Lipinski definition) is 3. The van der Waals surface area contributed by atoms with Gasteiger partial charge in [0.05, 0.1) is 20.6 Å². The largest absolute Gasteiger partial charge is 0.279 e. The second-order valence-electron chi connectivity index (χ2n) is 4.81. The van der Waals surface area contributed by atoms with E-state index in [0.717, 1.165) is 4.31 Å². The minimum Gasteiger partial charge on any atom is -0.279 e. The van der Waals surface area contributed by atoms with Gasteiger partial charge in [-0.25, -0.2) is 8.42 Å². The van der Waals surface area contributed by atoms with E-state index in [-0.39, 0.29) is 20.6 Å². The molecule has 9 heteroatoms. The number of halogens is 4. The summed E-state index contributed by atoms with van der Waals surface area (Å²) in [7, 11) is -4.16. The quantitative estimate of drug-likeness (QED) is 0.632. The topological polar surface area (TPSA) is 54.5 Å². The SMILES string of the molecule is CC(C(=O)Cl)N(c1c(Cl)cccc1Cl)S(=O)(=O)c1ccc(Cl)cc1. The van der Waals surface area contributed by atoms with E-state index in [0.29, 0.717) is 5.02 Å². The van der Waals surface area contributed by atoms with Crippen LogP contribution in [0.25, 0.3) is 0 Å². The summed E-state index contributed by atoms with van der Waals surface area (Å²) in [6.45, 7) is 1.35. The first kappa shape index (κ1) is 19.3. The molecule has 0 aliphatic carbocycles. The maximum absolute atomic E-state index is 13.0. The Bertz CT molecular complexity index is 849. The smallest absolute Gasteiger partial charge is 0.265 e. The molecule has 2 aromatic rings. The third-order valence-corrected chi connectivity index (χ3v) is 6.27. The van der Waals surface area contributed by atoms with Crippen molar-refractivity contribution >= 4 is 67.4 Å². The predicted molar refractivity (Wildman–Crippen MR) is 97.9 cm³/mol. The zero-order chi connectivity index (χ0) is 18.1. The van der Waals surface area contributed by atoms with Crippen molar-refractivity contribution in [3.8, 4) is 0 Å². The highest BCUT2D eigenvalue weighted by molar-refractivity contribution is 7.93. The minimum atomic E-state index is -4.16. The second-order valence-corrected chi connectivity index (χ2v) is 8.24. The first-order chi connectivity index (χ1) is 11.2. The molecule has 2 rings (SSSR count). The van der Waals surface area contributed by atoms with Gasteiger partial charge in [-0.1, -0.05) is 40.9 Å². The molecule has 4 nitrogen and oxygen atoms in total. The normalized spacial score (nSPS) is 12.7. The Morgan fingerprint density at radius 3 is 1.96 bits per heavy atom. The van der Waals surface area contributed by atoms with Crippen molar-refractivity contribution in [2.24, 2.45) is 0 Å². The molecular weight excluding hydrogens is 416 g/mol.